The SMILES string of the molecule is CC(C)NCc1ccccc1CNC(C)(C)C. The highest BCUT2D eigenvalue weighted by molar-refractivity contribution is 5.27. The lowest BCUT2D eigenvalue weighted by atomic mass is 10.0. The lowest BCUT2D eigenvalue weighted by molar-refractivity contribution is 0.423. The fraction of sp³-hybridized carbons (Fsp3) is 0.600. The maximum Gasteiger partial charge on any atom is 0.0213 e. The lowest BCUT2D eigenvalue weighted by Gasteiger charge is -2.22. The molecule has 0 fully saturated rings. The van der Waals surface area contributed by atoms with Gasteiger partial charge < -0.3 is 10.6 Å². The number of hydrogen-bond acceptors (Lipinski definition) is 2. The standard InChI is InChI=1S/C15H26N2/c1-12(2)16-10-13-8-6-7-9-14(13)11-17-15(3,4)5/h6-9,12,16-17H,10-11H2,1-5H3. The highest BCUT2D eigenvalue weighted by Crippen LogP contribution is 2.10. The first-order valence-electron chi connectivity index (χ1n) is 6.43. The van der Waals surface area contributed by atoms with Crippen LogP contribution in [0.4, 0.5) is 0 Å². The van der Waals surface area contributed by atoms with Crippen LogP contribution < -0.4 is 10.6 Å². The molecule has 0 aliphatic carbocycles. The van der Waals surface area contributed by atoms with Gasteiger partial charge in [-0.1, -0.05) is 38.1 Å². The molecule has 0 unspecified atom stereocenters. The van der Waals surface area contributed by atoms with Gasteiger partial charge in [-0.15, -0.1) is 0 Å². The molecule has 1 aromatic carbocycles. The van der Waals surface area contributed by atoms with Crippen LogP contribution in [0.5, 0.6) is 0 Å². The molecule has 0 heterocycles. The van der Waals surface area contributed by atoms with Gasteiger partial charge >= 0.3 is 0 Å². The van der Waals surface area contributed by atoms with Gasteiger partial charge in [-0.25, -0.2) is 0 Å². The van der Waals surface area contributed by atoms with Gasteiger partial charge in [0.2, 0.25) is 0 Å². The van der Waals surface area contributed by atoms with E-state index in [1.165, 1.54) is 11.1 Å². The van der Waals surface area contributed by atoms with E-state index in [9.17, 15) is 0 Å². The molecule has 96 valence electrons. The summed E-state index contributed by atoms with van der Waals surface area (Å²) in [6, 6.07) is 9.15. The monoisotopic (exact) mass is 234 g/mol. The van der Waals surface area contributed by atoms with Crippen molar-refractivity contribution < 1.29 is 0 Å². The summed E-state index contributed by atoms with van der Waals surface area (Å²) in [7, 11) is 0. The Morgan fingerprint density at radius 2 is 1.53 bits per heavy atom. The summed E-state index contributed by atoms with van der Waals surface area (Å²) in [6.07, 6.45) is 0. The molecule has 0 saturated heterocycles. The van der Waals surface area contributed by atoms with Crippen LogP contribution in [0.15, 0.2) is 24.3 Å². The molecule has 0 atom stereocenters. The van der Waals surface area contributed by atoms with E-state index in [4.69, 9.17) is 0 Å². The smallest absolute Gasteiger partial charge is 0.0213 e. The summed E-state index contributed by atoms with van der Waals surface area (Å²) >= 11 is 0. The maximum absolute atomic E-state index is 3.54. The van der Waals surface area contributed by atoms with Crippen molar-refractivity contribution in [2.75, 3.05) is 0 Å². The summed E-state index contributed by atoms with van der Waals surface area (Å²) in [5, 5.41) is 7.01. The van der Waals surface area contributed by atoms with Crippen molar-refractivity contribution in [1.82, 2.24) is 10.6 Å². The minimum absolute atomic E-state index is 0.165. The molecule has 1 rings (SSSR count). The second-order valence-electron chi connectivity index (χ2n) is 5.91. The predicted octanol–water partition coefficient (Wildman–Crippen LogP) is 3.07. The molecule has 0 bridgehead atoms. The molecule has 0 saturated carbocycles. The molecule has 0 amide bonds. The van der Waals surface area contributed by atoms with Crippen LogP contribution in [-0.4, -0.2) is 11.6 Å². The Morgan fingerprint density at radius 3 is 2.00 bits per heavy atom. The van der Waals surface area contributed by atoms with Gasteiger partial charge in [-0.2, -0.15) is 0 Å². The summed E-state index contributed by atoms with van der Waals surface area (Å²) < 4.78 is 0. The zero-order valence-electron chi connectivity index (χ0n) is 11.8. The fourth-order valence-corrected chi connectivity index (χ4v) is 1.58. The van der Waals surface area contributed by atoms with Crippen LogP contribution in [0.25, 0.3) is 0 Å². The van der Waals surface area contributed by atoms with Crippen molar-refractivity contribution in [3.05, 3.63) is 35.4 Å². The molecule has 0 radical (unpaired) electrons. The van der Waals surface area contributed by atoms with E-state index in [2.05, 4.69) is 69.5 Å². The summed E-state index contributed by atoms with van der Waals surface area (Å²) in [5.74, 6) is 0. The van der Waals surface area contributed by atoms with Crippen molar-refractivity contribution in [2.45, 2.75) is 59.3 Å². The number of nitrogens with one attached hydrogen (secondary N) is 2. The molecule has 0 spiro atoms. The Balaban J connectivity index is 2.64. The number of hydrogen-bond donors (Lipinski definition) is 2. The topological polar surface area (TPSA) is 24.1 Å². The van der Waals surface area contributed by atoms with Gasteiger partial charge in [0.05, 0.1) is 0 Å². The lowest BCUT2D eigenvalue weighted by Crippen LogP contribution is -2.35. The van der Waals surface area contributed by atoms with Crippen LogP contribution in [0.3, 0.4) is 0 Å². The molecule has 2 N–H and O–H groups in total. The Bertz CT molecular complexity index is 337. The number of benzene rings is 1. The predicted molar refractivity (Wildman–Crippen MR) is 75.0 cm³/mol. The first-order valence-corrected chi connectivity index (χ1v) is 6.43. The highest BCUT2D eigenvalue weighted by atomic mass is 14.9. The van der Waals surface area contributed by atoms with Gasteiger partial charge in [-0.05, 0) is 31.9 Å². The molecule has 2 nitrogen and oxygen atoms in total. The summed E-state index contributed by atoms with van der Waals surface area (Å²) in [5.41, 5.74) is 2.94. The Hall–Kier alpha value is -0.860. The van der Waals surface area contributed by atoms with Gasteiger partial charge in [0.15, 0.2) is 0 Å². The Kier molecular flexibility index (Phi) is 5.16. The third-order valence-corrected chi connectivity index (χ3v) is 2.63. The van der Waals surface area contributed by atoms with Crippen LogP contribution in [-0.2, 0) is 13.1 Å². The summed E-state index contributed by atoms with van der Waals surface area (Å²) in [6.45, 7) is 12.8. The highest BCUT2D eigenvalue weighted by Gasteiger charge is 2.10. The molecule has 17 heavy (non-hydrogen) atoms. The minimum Gasteiger partial charge on any atom is -0.310 e. The van der Waals surface area contributed by atoms with Gasteiger partial charge in [-0.3, -0.25) is 0 Å². The second-order valence-corrected chi connectivity index (χ2v) is 5.91. The van der Waals surface area contributed by atoms with Gasteiger partial charge in [0.1, 0.15) is 0 Å². The summed E-state index contributed by atoms with van der Waals surface area (Å²) in [4.78, 5) is 0. The minimum atomic E-state index is 0.165. The Labute approximate surface area is 106 Å². The zero-order valence-corrected chi connectivity index (χ0v) is 11.8. The third-order valence-electron chi connectivity index (χ3n) is 2.63. The van der Waals surface area contributed by atoms with E-state index < -0.39 is 0 Å². The quantitative estimate of drug-likeness (QED) is 0.818. The van der Waals surface area contributed by atoms with Crippen molar-refractivity contribution in [3.8, 4) is 0 Å². The molecule has 0 aromatic heterocycles. The van der Waals surface area contributed by atoms with Crippen molar-refractivity contribution in [1.29, 1.82) is 0 Å². The first-order chi connectivity index (χ1) is 7.88. The maximum atomic E-state index is 3.54. The van der Waals surface area contributed by atoms with E-state index >= 15 is 0 Å². The van der Waals surface area contributed by atoms with E-state index in [1.54, 1.807) is 0 Å². The molecule has 0 aliphatic rings. The van der Waals surface area contributed by atoms with E-state index in [1.807, 2.05) is 0 Å². The fourth-order valence-electron chi connectivity index (χ4n) is 1.58. The largest absolute Gasteiger partial charge is 0.310 e. The van der Waals surface area contributed by atoms with E-state index in [-0.39, 0.29) is 5.54 Å². The zero-order chi connectivity index (χ0) is 12.9. The van der Waals surface area contributed by atoms with Crippen LogP contribution in [0.1, 0.15) is 45.7 Å². The van der Waals surface area contributed by atoms with Gasteiger partial charge in [0.25, 0.3) is 0 Å². The molecule has 0 aliphatic heterocycles. The number of rotatable bonds is 5. The van der Waals surface area contributed by atoms with E-state index in [0.717, 1.165) is 13.1 Å². The average Bonchev–Trinajstić information content (AvgIpc) is 2.23. The van der Waals surface area contributed by atoms with Crippen LogP contribution in [0.2, 0.25) is 0 Å². The molecular weight excluding hydrogens is 208 g/mol. The second kappa shape index (κ2) is 6.18. The van der Waals surface area contributed by atoms with Crippen molar-refractivity contribution in [2.24, 2.45) is 0 Å². The van der Waals surface area contributed by atoms with Crippen LogP contribution in [0, 0.1) is 0 Å². The molecular formula is C15H26N2. The van der Waals surface area contributed by atoms with Crippen molar-refractivity contribution in [3.63, 3.8) is 0 Å². The Morgan fingerprint density at radius 1 is 1.00 bits per heavy atom. The first kappa shape index (κ1) is 14.2. The van der Waals surface area contributed by atoms with Crippen LogP contribution >= 0.6 is 0 Å². The third kappa shape index (κ3) is 5.85. The van der Waals surface area contributed by atoms with Gasteiger partial charge in [0, 0.05) is 24.7 Å². The molecule has 2 heteroatoms. The average molecular weight is 234 g/mol. The van der Waals surface area contributed by atoms with Crippen molar-refractivity contribution >= 4 is 0 Å². The van der Waals surface area contributed by atoms with E-state index in [0.29, 0.717) is 6.04 Å². The normalized spacial score (nSPS) is 12.1. The molecule has 1 aromatic rings.